The molecular formula is C17H27N5O2. The number of amides is 1. The van der Waals surface area contributed by atoms with Crippen LogP contribution in [0.1, 0.15) is 19.3 Å². The fraction of sp³-hybridized carbons (Fsp3) is 0.706. The zero-order valence-corrected chi connectivity index (χ0v) is 14.8. The molecule has 7 heteroatoms. The summed E-state index contributed by atoms with van der Waals surface area (Å²) >= 11 is 0. The summed E-state index contributed by atoms with van der Waals surface area (Å²) in [6.45, 7) is 3.38. The molecule has 0 spiro atoms. The van der Waals surface area contributed by atoms with Crippen LogP contribution in [0.3, 0.4) is 0 Å². The Bertz CT molecular complexity index is 580. The van der Waals surface area contributed by atoms with Gasteiger partial charge in [-0.3, -0.25) is 9.78 Å². The van der Waals surface area contributed by atoms with Crippen LogP contribution in [0.15, 0.2) is 12.4 Å². The number of aromatic nitrogens is 2. The number of nitrogens with zero attached hydrogens (tertiary/aromatic N) is 5. The summed E-state index contributed by atoms with van der Waals surface area (Å²) in [7, 11) is 5.93. The Hall–Kier alpha value is -1.89. The molecule has 2 saturated heterocycles. The van der Waals surface area contributed by atoms with Gasteiger partial charge in [0.2, 0.25) is 11.8 Å². The second-order valence-corrected chi connectivity index (χ2v) is 7.02. The first-order valence-corrected chi connectivity index (χ1v) is 8.66. The van der Waals surface area contributed by atoms with Crippen LogP contribution in [0.2, 0.25) is 0 Å². The third kappa shape index (κ3) is 3.95. The van der Waals surface area contributed by atoms with Crippen LogP contribution in [0.25, 0.3) is 0 Å². The second-order valence-electron chi connectivity index (χ2n) is 7.02. The van der Waals surface area contributed by atoms with Crippen LogP contribution in [-0.2, 0) is 4.79 Å². The first-order valence-electron chi connectivity index (χ1n) is 8.66. The van der Waals surface area contributed by atoms with Crippen molar-refractivity contribution in [3.63, 3.8) is 0 Å². The first-order chi connectivity index (χ1) is 11.5. The Labute approximate surface area is 143 Å². The lowest BCUT2D eigenvalue weighted by molar-refractivity contribution is -0.136. The van der Waals surface area contributed by atoms with Gasteiger partial charge in [-0.25, -0.2) is 0 Å². The van der Waals surface area contributed by atoms with Crippen molar-refractivity contribution in [2.75, 3.05) is 52.2 Å². The summed E-state index contributed by atoms with van der Waals surface area (Å²) in [5.41, 5.74) is 0. The van der Waals surface area contributed by atoms with Gasteiger partial charge in [0.25, 0.3) is 0 Å². The van der Waals surface area contributed by atoms with Crippen molar-refractivity contribution < 1.29 is 9.53 Å². The SMILES string of the molecule is CN1CCC[C@@H](C(=O)N2CC[C@@H](Oc3cncc(N(C)C)n3)C2)C1. The van der Waals surface area contributed by atoms with Crippen molar-refractivity contribution >= 4 is 11.7 Å². The van der Waals surface area contributed by atoms with E-state index in [0.717, 1.165) is 44.7 Å². The molecule has 1 aromatic rings. The lowest BCUT2D eigenvalue weighted by atomic mass is 9.97. The van der Waals surface area contributed by atoms with E-state index in [-0.39, 0.29) is 17.9 Å². The van der Waals surface area contributed by atoms with Crippen LogP contribution in [0.5, 0.6) is 5.88 Å². The van der Waals surface area contributed by atoms with Gasteiger partial charge < -0.3 is 19.4 Å². The van der Waals surface area contributed by atoms with Gasteiger partial charge in [-0.05, 0) is 26.4 Å². The standard InChI is InChI=1S/C17H27N5O2/c1-20(2)15-9-18-10-16(19-15)24-14-6-8-22(12-14)17(23)13-5-4-7-21(3)11-13/h9-10,13-14H,4-8,11-12H2,1-3H3/t13-,14-/m1/s1. The smallest absolute Gasteiger partial charge is 0.234 e. The number of hydrogen-bond acceptors (Lipinski definition) is 6. The number of carbonyl (C=O) groups excluding carboxylic acids is 1. The van der Waals surface area contributed by atoms with E-state index in [9.17, 15) is 4.79 Å². The number of likely N-dealkylation sites (tertiary alicyclic amines) is 2. The van der Waals surface area contributed by atoms with Gasteiger partial charge in [0.05, 0.1) is 24.9 Å². The Balaban J connectivity index is 1.55. The summed E-state index contributed by atoms with van der Waals surface area (Å²) in [5.74, 6) is 1.71. The molecule has 3 rings (SSSR count). The van der Waals surface area contributed by atoms with E-state index in [1.165, 1.54) is 0 Å². The van der Waals surface area contributed by atoms with Crippen LogP contribution >= 0.6 is 0 Å². The molecule has 0 aromatic carbocycles. The van der Waals surface area contributed by atoms with Crippen molar-refractivity contribution in [2.45, 2.75) is 25.4 Å². The molecule has 2 aliphatic rings. The van der Waals surface area contributed by atoms with Crippen molar-refractivity contribution in [1.82, 2.24) is 19.8 Å². The topological polar surface area (TPSA) is 61.8 Å². The fourth-order valence-electron chi connectivity index (χ4n) is 3.43. The van der Waals surface area contributed by atoms with Crippen LogP contribution < -0.4 is 9.64 Å². The summed E-state index contributed by atoms with van der Waals surface area (Å²) < 4.78 is 5.95. The molecule has 0 saturated carbocycles. The van der Waals surface area contributed by atoms with Gasteiger partial charge in [-0.1, -0.05) is 0 Å². The maximum Gasteiger partial charge on any atom is 0.234 e. The largest absolute Gasteiger partial charge is 0.471 e. The van der Waals surface area contributed by atoms with Crippen LogP contribution in [-0.4, -0.2) is 79.1 Å². The van der Waals surface area contributed by atoms with Gasteiger partial charge in [0.1, 0.15) is 6.10 Å². The van der Waals surface area contributed by atoms with Crippen LogP contribution in [0.4, 0.5) is 5.82 Å². The van der Waals surface area contributed by atoms with Crippen LogP contribution in [0, 0.1) is 5.92 Å². The second kappa shape index (κ2) is 7.34. The minimum absolute atomic E-state index is 0.00184. The predicted molar refractivity (Wildman–Crippen MR) is 92.2 cm³/mol. The zero-order valence-electron chi connectivity index (χ0n) is 14.8. The zero-order chi connectivity index (χ0) is 17.1. The Morgan fingerprint density at radius 2 is 2.08 bits per heavy atom. The first kappa shape index (κ1) is 17.0. The van der Waals surface area contributed by atoms with E-state index in [0.29, 0.717) is 12.4 Å². The molecule has 132 valence electrons. The maximum absolute atomic E-state index is 12.7. The average molecular weight is 333 g/mol. The van der Waals surface area contributed by atoms with E-state index >= 15 is 0 Å². The van der Waals surface area contributed by atoms with Crippen molar-refractivity contribution in [3.05, 3.63) is 12.4 Å². The van der Waals surface area contributed by atoms with Gasteiger partial charge in [-0.2, -0.15) is 4.98 Å². The Morgan fingerprint density at radius 1 is 1.25 bits per heavy atom. The highest BCUT2D eigenvalue weighted by molar-refractivity contribution is 5.79. The van der Waals surface area contributed by atoms with Gasteiger partial charge >= 0.3 is 0 Å². The lowest BCUT2D eigenvalue weighted by Gasteiger charge is -2.31. The van der Waals surface area contributed by atoms with Gasteiger partial charge in [-0.15, -0.1) is 0 Å². The molecule has 0 N–H and O–H groups in total. The van der Waals surface area contributed by atoms with E-state index in [4.69, 9.17) is 4.74 Å². The molecule has 2 aliphatic heterocycles. The average Bonchev–Trinajstić information content (AvgIpc) is 3.03. The Kier molecular flexibility index (Phi) is 5.18. The Morgan fingerprint density at radius 3 is 2.83 bits per heavy atom. The van der Waals surface area contributed by atoms with Crippen molar-refractivity contribution in [1.29, 1.82) is 0 Å². The number of piperidine rings is 1. The lowest BCUT2D eigenvalue weighted by Crippen LogP contribution is -2.43. The summed E-state index contributed by atoms with van der Waals surface area (Å²) in [5, 5.41) is 0. The third-order valence-electron chi connectivity index (χ3n) is 4.78. The number of hydrogen-bond donors (Lipinski definition) is 0. The van der Waals surface area contributed by atoms with E-state index in [1.54, 1.807) is 12.4 Å². The number of ether oxygens (including phenoxy) is 1. The highest BCUT2D eigenvalue weighted by Gasteiger charge is 2.33. The molecular weight excluding hydrogens is 306 g/mol. The molecule has 2 atom stereocenters. The molecule has 1 aromatic heterocycles. The summed E-state index contributed by atoms with van der Waals surface area (Å²) in [6, 6.07) is 0. The number of anilines is 1. The highest BCUT2D eigenvalue weighted by atomic mass is 16.5. The molecule has 2 fully saturated rings. The predicted octanol–water partition coefficient (Wildman–Crippen LogP) is 0.864. The summed E-state index contributed by atoms with van der Waals surface area (Å²) in [4.78, 5) is 27.4. The fourth-order valence-corrected chi connectivity index (χ4v) is 3.43. The van der Waals surface area contributed by atoms with E-state index in [2.05, 4.69) is 21.9 Å². The molecule has 0 aliphatic carbocycles. The third-order valence-corrected chi connectivity index (χ3v) is 4.78. The van der Waals surface area contributed by atoms with Gasteiger partial charge in [0, 0.05) is 33.6 Å². The van der Waals surface area contributed by atoms with Gasteiger partial charge in [0.15, 0.2) is 5.82 Å². The van der Waals surface area contributed by atoms with E-state index < -0.39 is 0 Å². The van der Waals surface area contributed by atoms with Crippen molar-refractivity contribution in [3.8, 4) is 5.88 Å². The molecule has 0 radical (unpaired) electrons. The summed E-state index contributed by atoms with van der Waals surface area (Å²) in [6.07, 6.45) is 6.30. The minimum Gasteiger partial charge on any atom is -0.471 e. The van der Waals surface area contributed by atoms with E-state index in [1.807, 2.05) is 23.9 Å². The molecule has 0 unspecified atom stereocenters. The normalized spacial score (nSPS) is 24.9. The monoisotopic (exact) mass is 333 g/mol. The minimum atomic E-state index is 0.00184. The molecule has 7 nitrogen and oxygen atoms in total. The number of rotatable bonds is 4. The molecule has 0 bridgehead atoms. The van der Waals surface area contributed by atoms with Crippen molar-refractivity contribution in [2.24, 2.45) is 5.92 Å². The molecule has 3 heterocycles. The maximum atomic E-state index is 12.7. The quantitative estimate of drug-likeness (QED) is 0.815. The molecule has 1 amide bonds. The highest BCUT2D eigenvalue weighted by Crippen LogP contribution is 2.23. The number of carbonyl (C=O) groups is 1. The molecule has 24 heavy (non-hydrogen) atoms.